The molecule has 0 saturated carbocycles. The van der Waals surface area contributed by atoms with Crippen LogP contribution in [0.15, 0.2) is 17.7 Å². The van der Waals surface area contributed by atoms with Crippen molar-refractivity contribution in [2.75, 3.05) is 0 Å². The molecule has 1 aliphatic carbocycles. The quantitative estimate of drug-likeness (QED) is 0.780. The molecule has 2 rings (SSSR count). The summed E-state index contributed by atoms with van der Waals surface area (Å²) in [5, 5.41) is 4.25. The molecule has 1 heterocycles. The van der Waals surface area contributed by atoms with Crippen molar-refractivity contribution < 1.29 is 4.79 Å². The van der Waals surface area contributed by atoms with Crippen molar-refractivity contribution >= 4 is 5.78 Å². The Morgan fingerprint density at radius 2 is 2.31 bits per heavy atom. The summed E-state index contributed by atoms with van der Waals surface area (Å²) < 4.78 is 1.80. The van der Waals surface area contributed by atoms with Gasteiger partial charge in [-0.05, 0) is 44.2 Å². The molecule has 0 spiro atoms. The minimum absolute atomic E-state index is 0.266. The second kappa shape index (κ2) is 4.64. The first-order valence-electron chi connectivity index (χ1n) is 5.88. The fraction of sp³-hybridized carbons (Fsp3) is 0.538. The molecule has 1 aromatic heterocycles. The highest BCUT2D eigenvalue weighted by Crippen LogP contribution is 2.19. The van der Waals surface area contributed by atoms with Gasteiger partial charge in [0.1, 0.15) is 0 Å². The minimum atomic E-state index is 0.266. The van der Waals surface area contributed by atoms with Gasteiger partial charge in [0.2, 0.25) is 0 Å². The third-order valence-electron chi connectivity index (χ3n) is 3.09. The topological polar surface area (TPSA) is 34.9 Å². The highest BCUT2D eigenvalue weighted by Gasteiger charge is 2.14. The van der Waals surface area contributed by atoms with E-state index in [1.807, 2.05) is 20.0 Å². The molecule has 16 heavy (non-hydrogen) atoms. The number of allylic oxidation sites excluding steroid dienone is 2. The number of carbonyl (C=O) groups is 1. The van der Waals surface area contributed by atoms with Crippen LogP contribution in [0, 0.1) is 6.92 Å². The van der Waals surface area contributed by atoms with Crippen LogP contribution in [0.25, 0.3) is 0 Å². The first kappa shape index (κ1) is 11.1. The summed E-state index contributed by atoms with van der Waals surface area (Å²) in [6, 6.07) is 1.99. The molecule has 0 fully saturated rings. The summed E-state index contributed by atoms with van der Waals surface area (Å²) in [5.74, 6) is 0.266. The largest absolute Gasteiger partial charge is 0.294 e. The summed E-state index contributed by atoms with van der Waals surface area (Å²) in [5.41, 5.74) is 3.00. The predicted molar refractivity (Wildman–Crippen MR) is 63.2 cm³/mol. The van der Waals surface area contributed by atoms with Crippen LogP contribution in [0.4, 0.5) is 0 Å². The number of aromatic nitrogens is 2. The van der Waals surface area contributed by atoms with Crippen molar-refractivity contribution in [1.82, 2.24) is 9.78 Å². The molecule has 3 heteroatoms. The first-order valence-corrected chi connectivity index (χ1v) is 5.88. The van der Waals surface area contributed by atoms with Gasteiger partial charge in [0.25, 0.3) is 0 Å². The van der Waals surface area contributed by atoms with Gasteiger partial charge in [-0.3, -0.25) is 9.48 Å². The summed E-state index contributed by atoms with van der Waals surface area (Å²) in [6.07, 6.45) is 6.99. The number of hydrogen-bond acceptors (Lipinski definition) is 2. The van der Waals surface area contributed by atoms with Gasteiger partial charge < -0.3 is 0 Å². The standard InChI is InChI=1S/C13H18N2O/c1-10-8-12(15(2)14-10)9-13(16)11-6-4-3-5-7-11/h6,8H,3-5,7,9H2,1-2H3. The van der Waals surface area contributed by atoms with E-state index in [1.165, 1.54) is 6.42 Å². The van der Waals surface area contributed by atoms with Crippen molar-refractivity contribution in [1.29, 1.82) is 0 Å². The van der Waals surface area contributed by atoms with Crippen molar-refractivity contribution in [2.45, 2.75) is 39.0 Å². The smallest absolute Gasteiger partial charge is 0.164 e. The molecule has 0 aliphatic heterocycles. The number of aryl methyl sites for hydroxylation is 2. The molecule has 0 aromatic carbocycles. The molecular weight excluding hydrogens is 200 g/mol. The van der Waals surface area contributed by atoms with Crippen LogP contribution in [-0.2, 0) is 18.3 Å². The van der Waals surface area contributed by atoms with E-state index in [0.717, 1.165) is 36.2 Å². The Bertz CT molecular complexity index is 429. The van der Waals surface area contributed by atoms with Gasteiger partial charge in [-0.15, -0.1) is 0 Å². The highest BCUT2D eigenvalue weighted by molar-refractivity contribution is 5.96. The molecule has 3 nitrogen and oxygen atoms in total. The van der Waals surface area contributed by atoms with Crippen LogP contribution in [0.2, 0.25) is 0 Å². The lowest BCUT2D eigenvalue weighted by Gasteiger charge is -2.11. The number of Topliss-reactive ketones (excluding diaryl/α,β-unsaturated/α-hetero) is 1. The average molecular weight is 218 g/mol. The Labute approximate surface area is 96.2 Å². The Balaban J connectivity index is 2.07. The molecule has 86 valence electrons. The number of nitrogens with zero attached hydrogens (tertiary/aromatic N) is 2. The summed E-state index contributed by atoms with van der Waals surface area (Å²) >= 11 is 0. The fourth-order valence-electron chi connectivity index (χ4n) is 2.20. The molecule has 1 aliphatic rings. The maximum Gasteiger partial charge on any atom is 0.164 e. The SMILES string of the molecule is Cc1cc(CC(=O)C2=CCCCC2)n(C)n1. The molecule has 0 atom stereocenters. The number of carbonyl (C=O) groups excluding carboxylic acids is 1. The maximum absolute atomic E-state index is 12.0. The zero-order valence-electron chi connectivity index (χ0n) is 9.99. The number of hydrogen-bond donors (Lipinski definition) is 0. The Morgan fingerprint density at radius 1 is 1.50 bits per heavy atom. The van der Waals surface area contributed by atoms with E-state index < -0.39 is 0 Å². The van der Waals surface area contributed by atoms with Gasteiger partial charge in [-0.2, -0.15) is 5.10 Å². The van der Waals surface area contributed by atoms with Crippen LogP contribution in [0.5, 0.6) is 0 Å². The second-order valence-electron chi connectivity index (χ2n) is 4.48. The van der Waals surface area contributed by atoms with Gasteiger partial charge in [0.05, 0.1) is 12.1 Å². The van der Waals surface area contributed by atoms with E-state index >= 15 is 0 Å². The van der Waals surface area contributed by atoms with Gasteiger partial charge in [0, 0.05) is 12.7 Å². The Kier molecular flexibility index (Phi) is 3.22. The van der Waals surface area contributed by atoms with Gasteiger partial charge in [0.15, 0.2) is 5.78 Å². The lowest BCUT2D eigenvalue weighted by Crippen LogP contribution is -2.11. The summed E-state index contributed by atoms with van der Waals surface area (Å²) in [4.78, 5) is 12.0. The fourth-order valence-corrected chi connectivity index (χ4v) is 2.20. The van der Waals surface area contributed by atoms with Crippen molar-refractivity contribution in [3.8, 4) is 0 Å². The lowest BCUT2D eigenvalue weighted by molar-refractivity contribution is -0.115. The second-order valence-corrected chi connectivity index (χ2v) is 4.48. The molecule has 1 aromatic rings. The molecule has 0 saturated heterocycles. The summed E-state index contributed by atoms with van der Waals surface area (Å²) in [7, 11) is 1.89. The van der Waals surface area contributed by atoms with Crippen LogP contribution in [0.3, 0.4) is 0 Å². The van der Waals surface area contributed by atoms with E-state index in [2.05, 4.69) is 11.2 Å². The molecule has 0 amide bonds. The minimum Gasteiger partial charge on any atom is -0.294 e. The van der Waals surface area contributed by atoms with Gasteiger partial charge in [-0.25, -0.2) is 0 Å². The van der Waals surface area contributed by atoms with Gasteiger partial charge >= 0.3 is 0 Å². The molecular formula is C13H18N2O. The third-order valence-corrected chi connectivity index (χ3v) is 3.09. The molecule has 0 radical (unpaired) electrons. The maximum atomic E-state index is 12.0. The van der Waals surface area contributed by atoms with Crippen molar-refractivity contribution in [3.05, 3.63) is 29.1 Å². The predicted octanol–water partition coefficient (Wildman–Crippen LogP) is 2.34. The molecule has 0 N–H and O–H groups in total. The van der Waals surface area contributed by atoms with Crippen LogP contribution < -0.4 is 0 Å². The van der Waals surface area contributed by atoms with Crippen LogP contribution in [0.1, 0.15) is 37.1 Å². The third kappa shape index (κ3) is 2.40. The van der Waals surface area contributed by atoms with E-state index in [-0.39, 0.29) is 5.78 Å². The average Bonchev–Trinajstić information content (AvgIpc) is 2.59. The van der Waals surface area contributed by atoms with Gasteiger partial charge in [-0.1, -0.05) is 6.08 Å². The Morgan fingerprint density at radius 3 is 2.88 bits per heavy atom. The van der Waals surface area contributed by atoms with Crippen molar-refractivity contribution in [3.63, 3.8) is 0 Å². The van der Waals surface area contributed by atoms with Crippen LogP contribution in [-0.4, -0.2) is 15.6 Å². The Hall–Kier alpha value is -1.38. The van der Waals surface area contributed by atoms with E-state index in [0.29, 0.717) is 6.42 Å². The molecule has 0 bridgehead atoms. The summed E-state index contributed by atoms with van der Waals surface area (Å²) in [6.45, 7) is 1.95. The van der Waals surface area contributed by atoms with E-state index in [9.17, 15) is 4.79 Å². The normalized spacial score (nSPS) is 16.0. The van der Waals surface area contributed by atoms with Crippen LogP contribution >= 0.6 is 0 Å². The van der Waals surface area contributed by atoms with E-state index in [1.54, 1.807) is 4.68 Å². The number of ketones is 1. The highest BCUT2D eigenvalue weighted by atomic mass is 16.1. The lowest BCUT2D eigenvalue weighted by atomic mass is 9.94. The zero-order chi connectivity index (χ0) is 11.5. The first-order chi connectivity index (χ1) is 7.66. The van der Waals surface area contributed by atoms with E-state index in [4.69, 9.17) is 0 Å². The number of rotatable bonds is 3. The zero-order valence-corrected chi connectivity index (χ0v) is 9.99. The monoisotopic (exact) mass is 218 g/mol. The van der Waals surface area contributed by atoms with Crippen molar-refractivity contribution in [2.24, 2.45) is 7.05 Å². The molecule has 0 unspecified atom stereocenters.